The number of carbonyl (C=O) groups is 1. The van der Waals surface area contributed by atoms with Gasteiger partial charge in [0, 0.05) is 50.0 Å². The van der Waals surface area contributed by atoms with Crippen molar-refractivity contribution in [1.82, 2.24) is 24.9 Å². The van der Waals surface area contributed by atoms with E-state index in [1.165, 1.54) is 6.07 Å². The molecule has 1 N–H and O–H groups in total. The van der Waals surface area contributed by atoms with Crippen molar-refractivity contribution in [3.05, 3.63) is 65.0 Å². The number of piperazine rings is 1. The van der Waals surface area contributed by atoms with Crippen LogP contribution in [-0.4, -0.2) is 64.8 Å². The smallest absolute Gasteiger partial charge is 0.274 e. The third-order valence-electron chi connectivity index (χ3n) is 6.22. The Morgan fingerprint density at radius 2 is 2.03 bits per heavy atom. The number of hydrogen-bond acceptors (Lipinski definition) is 4. The number of rotatable bonds is 6. The molecule has 1 aromatic carbocycles. The lowest BCUT2D eigenvalue weighted by Gasteiger charge is -2.32. The van der Waals surface area contributed by atoms with Crippen molar-refractivity contribution >= 4 is 5.91 Å². The highest BCUT2D eigenvalue weighted by molar-refractivity contribution is 5.94. The molecule has 1 aromatic heterocycles. The van der Waals surface area contributed by atoms with Crippen LogP contribution in [0.15, 0.2) is 30.9 Å². The van der Waals surface area contributed by atoms with Gasteiger partial charge in [0.25, 0.3) is 5.91 Å². The van der Waals surface area contributed by atoms with E-state index in [-0.39, 0.29) is 11.9 Å². The summed E-state index contributed by atoms with van der Waals surface area (Å²) >= 11 is 0. The number of allylic oxidation sites excluding steroid dienone is 1. The Labute approximate surface area is 181 Å². The number of aromatic nitrogens is 2. The van der Waals surface area contributed by atoms with Crippen LogP contribution in [0.5, 0.6) is 0 Å². The summed E-state index contributed by atoms with van der Waals surface area (Å²) in [5, 5.41) is 8.11. The molecule has 166 valence electrons. The molecule has 1 unspecified atom stereocenters. The Kier molecular flexibility index (Phi) is 6.48. The molecule has 1 amide bonds. The van der Waals surface area contributed by atoms with Crippen molar-refractivity contribution in [3.63, 3.8) is 0 Å². The Morgan fingerprint density at radius 1 is 1.26 bits per heavy atom. The molecule has 1 fully saturated rings. The van der Waals surface area contributed by atoms with Gasteiger partial charge in [-0.15, -0.1) is 6.58 Å². The molecular weight excluding hydrogens is 400 g/mol. The first kappa shape index (κ1) is 21.6. The van der Waals surface area contributed by atoms with E-state index >= 15 is 0 Å². The molecule has 6 nitrogen and oxygen atoms in total. The Balaban J connectivity index is 1.50. The second-order valence-electron chi connectivity index (χ2n) is 8.41. The second-order valence-corrected chi connectivity index (χ2v) is 8.41. The summed E-state index contributed by atoms with van der Waals surface area (Å²) in [7, 11) is 2.06. The standard InChI is InChI=1S/C23H29F2N5O/c1-3-8-30-21-7-5-17(26-15-16-4-6-19(24)20(25)13-16)14-18(21)22(27-30)23(31)29-11-9-28(2)10-12-29/h3-4,6,13,17,26H,1,5,7-12,14-15H2,2H3. The number of nitrogens with zero attached hydrogens (tertiary/aromatic N) is 4. The van der Waals surface area contributed by atoms with Crippen molar-refractivity contribution in [2.24, 2.45) is 0 Å². The molecule has 2 aromatic rings. The highest BCUT2D eigenvalue weighted by atomic mass is 19.2. The molecule has 1 saturated heterocycles. The minimum atomic E-state index is -0.840. The van der Waals surface area contributed by atoms with Crippen LogP contribution in [0.25, 0.3) is 0 Å². The van der Waals surface area contributed by atoms with Crippen LogP contribution in [0.1, 0.15) is 33.7 Å². The maximum atomic E-state index is 13.5. The van der Waals surface area contributed by atoms with Gasteiger partial charge in [0.2, 0.25) is 0 Å². The molecule has 31 heavy (non-hydrogen) atoms. The largest absolute Gasteiger partial charge is 0.335 e. The topological polar surface area (TPSA) is 53.4 Å². The predicted octanol–water partition coefficient (Wildman–Crippen LogP) is 2.38. The molecule has 4 rings (SSSR count). The lowest BCUT2D eigenvalue weighted by Crippen LogP contribution is -2.47. The number of carbonyl (C=O) groups excluding carboxylic acids is 1. The molecule has 2 heterocycles. The number of nitrogens with one attached hydrogen (secondary N) is 1. The van der Waals surface area contributed by atoms with E-state index in [0.717, 1.165) is 43.3 Å². The first-order valence-electron chi connectivity index (χ1n) is 10.8. The van der Waals surface area contributed by atoms with Gasteiger partial charge in [0.05, 0.1) is 6.54 Å². The highest BCUT2D eigenvalue weighted by Gasteiger charge is 2.31. The molecule has 1 atom stereocenters. The predicted molar refractivity (Wildman–Crippen MR) is 115 cm³/mol. The van der Waals surface area contributed by atoms with Crippen molar-refractivity contribution in [1.29, 1.82) is 0 Å². The average Bonchev–Trinajstić information content (AvgIpc) is 3.12. The van der Waals surface area contributed by atoms with Gasteiger partial charge in [-0.3, -0.25) is 9.48 Å². The number of amides is 1. The fourth-order valence-electron chi connectivity index (χ4n) is 4.38. The van der Waals surface area contributed by atoms with Crippen molar-refractivity contribution < 1.29 is 13.6 Å². The van der Waals surface area contributed by atoms with E-state index < -0.39 is 11.6 Å². The fraction of sp³-hybridized carbons (Fsp3) is 0.478. The maximum absolute atomic E-state index is 13.5. The van der Waals surface area contributed by atoms with Gasteiger partial charge in [-0.25, -0.2) is 8.78 Å². The second kappa shape index (κ2) is 9.28. The number of likely N-dealkylation sites (N-methyl/N-ethyl adjacent to an activating group) is 1. The molecule has 0 radical (unpaired) electrons. The number of benzene rings is 1. The number of halogens is 2. The van der Waals surface area contributed by atoms with Gasteiger partial charge in [0.15, 0.2) is 17.3 Å². The third-order valence-corrected chi connectivity index (χ3v) is 6.22. The monoisotopic (exact) mass is 429 g/mol. The van der Waals surface area contributed by atoms with E-state index in [1.54, 1.807) is 12.1 Å². The van der Waals surface area contributed by atoms with E-state index in [0.29, 0.717) is 43.9 Å². The van der Waals surface area contributed by atoms with Gasteiger partial charge >= 0.3 is 0 Å². The van der Waals surface area contributed by atoms with Gasteiger partial charge in [-0.2, -0.15) is 5.10 Å². The third kappa shape index (κ3) is 4.70. The quantitative estimate of drug-likeness (QED) is 0.717. The van der Waals surface area contributed by atoms with Crippen molar-refractivity contribution in [3.8, 4) is 0 Å². The SMILES string of the molecule is C=CCn1nc(C(=O)N2CCN(C)CC2)c2c1CCC(NCc1ccc(F)c(F)c1)C2. The molecular formula is C23H29F2N5O. The zero-order valence-electron chi connectivity index (χ0n) is 17.9. The summed E-state index contributed by atoms with van der Waals surface area (Å²) in [4.78, 5) is 17.4. The normalized spacial score (nSPS) is 19.3. The molecule has 0 saturated carbocycles. The van der Waals surface area contributed by atoms with E-state index in [4.69, 9.17) is 0 Å². The first-order valence-corrected chi connectivity index (χ1v) is 10.8. The number of hydrogen-bond donors (Lipinski definition) is 1. The molecule has 0 bridgehead atoms. The number of fused-ring (bicyclic) bond motifs is 1. The molecule has 8 heteroatoms. The Hall–Kier alpha value is -2.58. The van der Waals surface area contributed by atoms with Crippen LogP contribution in [0, 0.1) is 11.6 Å². The Morgan fingerprint density at radius 3 is 2.74 bits per heavy atom. The van der Waals surface area contributed by atoms with Crippen LogP contribution < -0.4 is 5.32 Å². The van der Waals surface area contributed by atoms with Crippen LogP contribution in [-0.2, 0) is 25.9 Å². The van der Waals surface area contributed by atoms with Gasteiger partial charge in [-0.1, -0.05) is 12.1 Å². The fourth-order valence-corrected chi connectivity index (χ4v) is 4.38. The minimum absolute atomic E-state index is 0.00609. The van der Waals surface area contributed by atoms with E-state index in [2.05, 4.69) is 28.9 Å². The zero-order chi connectivity index (χ0) is 22.0. The highest BCUT2D eigenvalue weighted by Crippen LogP contribution is 2.26. The van der Waals surface area contributed by atoms with Crippen LogP contribution in [0.2, 0.25) is 0 Å². The molecule has 0 spiro atoms. The van der Waals surface area contributed by atoms with Crippen molar-refractivity contribution in [2.75, 3.05) is 33.2 Å². The summed E-state index contributed by atoms with van der Waals surface area (Å²) in [6.45, 7) is 7.97. The van der Waals surface area contributed by atoms with Gasteiger partial charge in [0.1, 0.15) is 0 Å². The van der Waals surface area contributed by atoms with Gasteiger partial charge in [-0.05, 0) is 44.0 Å². The molecule has 2 aliphatic rings. The lowest BCUT2D eigenvalue weighted by atomic mass is 9.90. The Bertz CT molecular complexity index is 965. The first-order chi connectivity index (χ1) is 15.0. The van der Waals surface area contributed by atoms with Gasteiger partial charge < -0.3 is 15.1 Å². The lowest BCUT2D eigenvalue weighted by molar-refractivity contribution is 0.0656. The molecule has 1 aliphatic heterocycles. The van der Waals surface area contributed by atoms with E-state index in [1.807, 2.05) is 9.58 Å². The van der Waals surface area contributed by atoms with Crippen LogP contribution in [0.4, 0.5) is 8.78 Å². The molecule has 1 aliphatic carbocycles. The average molecular weight is 430 g/mol. The maximum Gasteiger partial charge on any atom is 0.274 e. The van der Waals surface area contributed by atoms with E-state index in [9.17, 15) is 13.6 Å². The summed E-state index contributed by atoms with van der Waals surface area (Å²) in [6, 6.07) is 4.10. The summed E-state index contributed by atoms with van der Waals surface area (Å²) in [5.41, 5.74) is 3.34. The summed E-state index contributed by atoms with van der Waals surface area (Å²) in [5.74, 6) is -1.68. The van der Waals surface area contributed by atoms with Crippen molar-refractivity contribution in [2.45, 2.75) is 38.4 Å². The summed E-state index contributed by atoms with van der Waals surface area (Å²) in [6.07, 6.45) is 4.18. The zero-order valence-corrected chi connectivity index (χ0v) is 17.9. The minimum Gasteiger partial charge on any atom is -0.335 e. The van der Waals surface area contributed by atoms with Crippen LogP contribution >= 0.6 is 0 Å². The van der Waals surface area contributed by atoms with Crippen LogP contribution in [0.3, 0.4) is 0 Å². The summed E-state index contributed by atoms with van der Waals surface area (Å²) < 4.78 is 28.6.